The van der Waals surface area contributed by atoms with E-state index >= 15 is 0 Å². The molecule has 2 atom stereocenters. The molecule has 6 heteroatoms. The van der Waals surface area contributed by atoms with Crippen LogP contribution in [-0.4, -0.2) is 29.9 Å². The van der Waals surface area contributed by atoms with Gasteiger partial charge >= 0.3 is 5.97 Å². The first-order chi connectivity index (χ1) is 12.4. The van der Waals surface area contributed by atoms with Crippen molar-refractivity contribution in [1.29, 1.82) is 0 Å². The van der Waals surface area contributed by atoms with Crippen LogP contribution in [0.4, 0.5) is 0 Å². The smallest absolute Gasteiger partial charge is 0.316 e. The lowest BCUT2D eigenvalue weighted by Gasteiger charge is -2.14. The third-order valence-electron chi connectivity index (χ3n) is 4.26. The summed E-state index contributed by atoms with van der Waals surface area (Å²) in [6, 6.07) is 9.55. The first kappa shape index (κ1) is 20.0. The van der Waals surface area contributed by atoms with E-state index in [1.807, 2.05) is 38.1 Å². The number of carbonyl (C=O) groups excluding carboxylic acids is 1. The van der Waals surface area contributed by atoms with Crippen LogP contribution in [0.2, 0.25) is 0 Å². The van der Waals surface area contributed by atoms with Crippen molar-refractivity contribution in [3.8, 4) is 5.88 Å². The molecule has 142 valence electrons. The minimum atomic E-state index is -0.489. The number of ether oxygens (including phenoxy) is 2. The molecule has 0 saturated heterocycles. The molecule has 0 fully saturated rings. The quantitative estimate of drug-likeness (QED) is 0.542. The van der Waals surface area contributed by atoms with Crippen LogP contribution in [0.25, 0.3) is 0 Å². The zero-order chi connectivity index (χ0) is 19.1. The van der Waals surface area contributed by atoms with E-state index in [9.17, 15) is 9.90 Å². The zero-order valence-electron chi connectivity index (χ0n) is 15.8. The van der Waals surface area contributed by atoms with Gasteiger partial charge in [-0.25, -0.2) is 0 Å². The van der Waals surface area contributed by atoms with Crippen molar-refractivity contribution in [2.24, 2.45) is 5.92 Å². The lowest BCUT2D eigenvalue weighted by Crippen LogP contribution is -2.19. The number of nitrogens with zero attached hydrogens (tertiary/aromatic N) is 1. The molecule has 2 rings (SSSR count). The number of aromatic nitrogens is 1. The fraction of sp³-hybridized carbons (Fsp3) is 0.500. The molecule has 26 heavy (non-hydrogen) atoms. The van der Waals surface area contributed by atoms with Crippen molar-refractivity contribution in [3.63, 3.8) is 0 Å². The second-order valence-corrected chi connectivity index (χ2v) is 6.68. The molecule has 2 aromatic rings. The van der Waals surface area contributed by atoms with Crippen molar-refractivity contribution >= 4 is 5.97 Å². The van der Waals surface area contributed by atoms with Crippen LogP contribution in [-0.2, 0) is 16.0 Å². The van der Waals surface area contributed by atoms with E-state index < -0.39 is 12.0 Å². The highest BCUT2D eigenvalue weighted by atomic mass is 16.5. The minimum absolute atomic E-state index is 0.0351. The summed E-state index contributed by atoms with van der Waals surface area (Å²) in [6.45, 7) is 6.09. The standard InChI is InChI=1S/C20H27NO5/c1-13(2)19(20(23)24-4)17-12-18(21-26-17)25-11-5-6-15-7-9-16(10-8-15)14(3)22/h7-10,12-14,19,22H,5-6,11H2,1-4H3. The fourth-order valence-corrected chi connectivity index (χ4v) is 2.75. The van der Waals surface area contributed by atoms with E-state index in [4.69, 9.17) is 14.0 Å². The third-order valence-corrected chi connectivity index (χ3v) is 4.26. The van der Waals surface area contributed by atoms with Crippen molar-refractivity contribution in [1.82, 2.24) is 5.16 Å². The number of benzene rings is 1. The maximum atomic E-state index is 11.9. The first-order valence-electron chi connectivity index (χ1n) is 8.86. The van der Waals surface area contributed by atoms with E-state index in [1.165, 1.54) is 12.7 Å². The van der Waals surface area contributed by atoms with Gasteiger partial charge in [0, 0.05) is 6.07 Å². The van der Waals surface area contributed by atoms with Crippen LogP contribution in [0, 0.1) is 5.92 Å². The van der Waals surface area contributed by atoms with Crippen LogP contribution >= 0.6 is 0 Å². The normalized spacial score (nSPS) is 13.5. The number of methoxy groups -OCH3 is 1. The summed E-state index contributed by atoms with van der Waals surface area (Å²) in [7, 11) is 1.36. The van der Waals surface area contributed by atoms with Gasteiger partial charge in [0.2, 0.25) is 0 Å². The van der Waals surface area contributed by atoms with Crippen LogP contribution < -0.4 is 4.74 Å². The molecular weight excluding hydrogens is 334 g/mol. The Morgan fingerprint density at radius 1 is 1.23 bits per heavy atom. The summed E-state index contributed by atoms with van der Waals surface area (Å²) in [4.78, 5) is 11.9. The average Bonchev–Trinajstić information content (AvgIpc) is 3.07. The number of aliphatic hydroxyl groups excluding tert-OH is 1. The Kier molecular flexibility index (Phi) is 7.21. The summed E-state index contributed by atoms with van der Waals surface area (Å²) in [5, 5.41) is 13.4. The number of aryl methyl sites for hydroxylation is 1. The van der Waals surface area contributed by atoms with Crippen molar-refractivity contribution in [2.75, 3.05) is 13.7 Å². The molecule has 2 unspecified atom stereocenters. The number of hydrogen-bond donors (Lipinski definition) is 1. The van der Waals surface area contributed by atoms with Gasteiger partial charge in [0.25, 0.3) is 5.88 Å². The molecule has 0 amide bonds. The Balaban J connectivity index is 1.83. The van der Waals surface area contributed by atoms with Gasteiger partial charge in [-0.2, -0.15) is 0 Å². The number of esters is 1. The molecule has 1 aromatic carbocycles. The Morgan fingerprint density at radius 3 is 2.50 bits per heavy atom. The SMILES string of the molecule is COC(=O)C(c1cc(OCCCc2ccc(C(C)O)cc2)no1)C(C)C. The maximum absolute atomic E-state index is 11.9. The Hall–Kier alpha value is -2.34. The molecule has 0 aliphatic rings. The van der Waals surface area contributed by atoms with Crippen molar-refractivity contribution in [2.45, 2.75) is 45.6 Å². The second kappa shape index (κ2) is 9.38. The Morgan fingerprint density at radius 2 is 1.92 bits per heavy atom. The Bertz CT molecular complexity index is 690. The van der Waals surface area contributed by atoms with E-state index in [1.54, 1.807) is 13.0 Å². The molecule has 6 nitrogen and oxygen atoms in total. The van der Waals surface area contributed by atoms with Crippen LogP contribution in [0.15, 0.2) is 34.9 Å². The van der Waals surface area contributed by atoms with E-state index in [-0.39, 0.29) is 11.9 Å². The summed E-state index contributed by atoms with van der Waals surface area (Å²) in [5.41, 5.74) is 2.09. The van der Waals surface area contributed by atoms with Crippen LogP contribution in [0.1, 0.15) is 56.1 Å². The summed E-state index contributed by atoms with van der Waals surface area (Å²) in [5.74, 6) is 0.0306. The number of hydrogen-bond acceptors (Lipinski definition) is 6. The maximum Gasteiger partial charge on any atom is 0.316 e. The fourth-order valence-electron chi connectivity index (χ4n) is 2.75. The van der Waals surface area contributed by atoms with Crippen molar-refractivity contribution < 1.29 is 23.9 Å². The highest BCUT2D eigenvalue weighted by Crippen LogP contribution is 2.28. The third kappa shape index (κ3) is 5.33. The molecule has 1 heterocycles. The number of carbonyl (C=O) groups is 1. The van der Waals surface area contributed by atoms with Crippen LogP contribution in [0.3, 0.4) is 0 Å². The zero-order valence-corrected chi connectivity index (χ0v) is 15.8. The molecule has 1 N–H and O–H groups in total. The Labute approximate surface area is 154 Å². The van der Waals surface area contributed by atoms with Crippen molar-refractivity contribution in [3.05, 3.63) is 47.2 Å². The lowest BCUT2D eigenvalue weighted by molar-refractivity contribution is -0.144. The molecule has 0 aliphatic heterocycles. The molecule has 1 aromatic heterocycles. The van der Waals surface area contributed by atoms with E-state index in [2.05, 4.69) is 5.16 Å². The average molecular weight is 361 g/mol. The molecular formula is C20H27NO5. The topological polar surface area (TPSA) is 81.8 Å². The molecule has 0 radical (unpaired) electrons. The highest BCUT2D eigenvalue weighted by molar-refractivity contribution is 5.77. The second-order valence-electron chi connectivity index (χ2n) is 6.68. The molecule has 0 spiro atoms. The van der Waals surface area contributed by atoms with Gasteiger partial charge in [-0.1, -0.05) is 38.1 Å². The molecule has 0 saturated carbocycles. The summed E-state index contributed by atoms with van der Waals surface area (Å²) in [6.07, 6.45) is 1.23. The monoisotopic (exact) mass is 361 g/mol. The number of rotatable bonds is 9. The predicted molar refractivity (Wildman–Crippen MR) is 97.0 cm³/mol. The van der Waals surface area contributed by atoms with Gasteiger partial charge in [0.15, 0.2) is 5.76 Å². The van der Waals surface area contributed by atoms with Gasteiger partial charge in [0.1, 0.15) is 5.92 Å². The minimum Gasteiger partial charge on any atom is -0.475 e. The molecule has 0 aliphatic carbocycles. The summed E-state index contributed by atoms with van der Waals surface area (Å²) >= 11 is 0. The predicted octanol–water partition coefficient (Wildman–Crippen LogP) is 3.65. The van der Waals surface area contributed by atoms with Gasteiger partial charge in [0.05, 0.1) is 19.8 Å². The molecule has 0 bridgehead atoms. The summed E-state index contributed by atoms with van der Waals surface area (Å²) < 4.78 is 15.7. The van der Waals surface area contributed by atoms with Gasteiger partial charge < -0.3 is 19.1 Å². The van der Waals surface area contributed by atoms with Gasteiger partial charge in [-0.05, 0) is 42.0 Å². The van der Waals surface area contributed by atoms with Gasteiger partial charge in [-0.15, -0.1) is 0 Å². The van der Waals surface area contributed by atoms with Crippen LogP contribution in [0.5, 0.6) is 5.88 Å². The number of aliphatic hydroxyl groups is 1. The van der Waals surface area contributed by atoms with E-state index in [0.29, 0.717) is 18.2 Å². The lowest BCUT2D eigenvalue weighted by atomic mass is 9.93. The van der Waals surface area contributed by atoms with E-state index in [0.717, 1.165) is 18.4 Å². The largest absolute Gasteiger partial charge is 0.475 e. The first-order valence-corrected chi connectivity index (χ1v) is 8.86. The van der Waals surface area contributed by atoms with Gasteiger partial charge in [-0.3, -0.25) is 4.79 Å². The highest BCUT2D eigenvalue weighted by Gasteiger charge is 2.29.